The molecule has 0 fully saturated rings. The molecule has 27 heavy (non-hydrogen) atoms. The first kappa shape index (κ1) is 21.1. The molecule has 2 rings (SSSR count). The summed E-state index contributed by atoms with van der Waals surface area (Å²) in [5.41, 5.74) is 2.65. The Hall–Kier alpha value is -2.24. The van der Waals surface area contributed by atoms with Crippen molar-refractivity contribution in [1.29, 1.82) is 0 Å². The monoisotopic (exact) mass is 391 g/mol. The zero-order valence-electron chi connectivity index (χ0n) is 16.2. The fourth-order valence-corrected chi connectivity index (χ4v) is 2.71. The first-order valence-electron chi connectivity index (χ1n) is 8.85. The van der Waals surface area contributed by atoms with E-state index in [1.807, 2.05) is 25.1 Å². The van der Waals surface area contributed by atoms with Gasteiger partial charge in [-0.15, -0.1) is 0 Å². The van der Waals surface area contributed by atoms with Crippen molar-refractivity contribution in [3.05, 3.63) is 52.5 Å². The summed E-state index contributed by atoms with van der Waals surface area (Å²) in [6, 6.07) is 11.1. The molecule has 2 aromatic carbocycles. The van der Waals surface area contributed by atoms with E-state index in [-0.39, 0.29) is 12.5 Å². The van der Waals surface area contributed by atoms with Gasteiger partial charge in [-0.05, 0) is 48.2 Å². The van der Waals surface area contributed by atoms with Gasteiger partial charge in [-0.25, -0.2) is 0 Å². The molecule has 0 bridgehead atoms. The van der Waals surface area contributed by atoms with Crippen molar-refractivity contribution >= 4 is 23.2 Å². The second kappa shape index (κ2) is 10.2. The lowest BCUT2D eigenvalue weighted by Crippen LogP contribution is -2.21. The Morgan fingerprint density at radius 2 is 1.85 bits per heavy atom. The number of nitrogens with one attached hydrogen (secondary N) is 1. The van der Waals surface area contributed by atoms with Crippen LogP contribution in [0.15, 0.2) is 36.4 Å². The molecule has 6 heteroatoms. The Morgan fingerprint density at radius 1 is 1.07 bits per heavy atom. The second-order valence-corrected chi connectivity index (χ2v) is 6.95. The minimum atomic E-state index is -0.287. The van der Waals surface area contributed by atoms with Crippen molar-refractivity contribution < 1.29 is 19.0 Å². The molecule has 0 unspecified atom stereocenters. The molecule has 1 N–H and O–H groups in total. The summed E-state index contributed by atoms with van der Waals surface area (Å²) in [7, 11) is 1.60. The molecular weight excluding hydrogens is 366 g/mol. The van der Waals surface area contributed by atoms with E-state index in [0.29, 0.717) is 35.6 Å². The molecule has 5 nitrogen and oxygen atoms in total. The lowest BCUT2D eigenvalue weighted by atomic mass is 10.0. The first-order chi connectivity index (χ1) is 12.9. The molecule has 2 aromatic rings. The Bertz CT molecular complexity index is 777. The molecule has 0 saturated carbocycles. The second-order valence-electron chi connectivity index (χ2n) is 6.51. The van der Waals surface area contributed by atoms with Crippen LogP contribution in [0.25, 0.3) is 0 Å². The average molecular weight is 392 g/mol. The highest BCUT2D eigenvalue weighted by Gasteiger charge is 2.13. The van der Waals surface area contributed by atoms with Gasteiger partial charge in [0.2, 0.25) is 0 Å². The predicted molar refractivity (Wildman–Crippen MR) is 108 cm³/mol. The first-order valence-corrected chi connectivity index (χ1v) is 9.23. The molecule has 0 aromatic heterocycles. The van der Waals surface area contributed by atoms with Gasteiger partial charge in [0.05, 0.1) is 12.3 Å². The van der Waals surface area contributed by atoms with Crippen LogP contribution in [0.4, 0.5) is 5.69 Å². The van der Waals surface area contributed by atoms with Crippen LogP contribution in [0.3, 0.4) is 0 Å². The standard InChI is InChI=1S/C21H26ClNO4/c1-14(2)17-7-5-15(3)11-20(17)27-13-21(24)23-18-12-16(22)6-8-19(18)26-10-9-25-4/h5-8,11-12,14H,9-10,13H2,1-4H3,(H,23,24). The molecule has 0 saturated heterocycles. The van der Waals surface area contributed by atoms with E-state index in [1.165, 1.54) is 0 Å². The molecule has 0 radical (unpaired) electrons. The molecule has 0 heterocycles. The van der Waals surface area contributed by atoms with E-state index in [0.717, 1.165) is 16.9 Å². The number of hydrogen-bond acceptors (Lipinski definition) is 4. The molecule has 1 amide bonds. The Kier molecular flexibility index (Phi) is 7.95. The molecule has 0 aliphatic rings. The smallest absolute Gasteiger partial charge is 0.262 e. The fraction of sp³-hybridized carbons (Fsp3) is 0.381. The van der Waals surface area contributed by atoms with Crippen LogP contribution in [0.5, 0.6) is 11.5 Å². The van der Waals surface area contributed by atoms with Crippen molar-refractivity contribution in [3.63, 3.8) is 0 Å². The number of carbonyl (C=O) groups is 1. The van der Waals surface area contributed by atoms with E-state index in [2.05, 4.69) is 19.2 Å². The topological polar surface area (TPSA) is 56.8 Å². The number of rotatable bonds is 9. The van der Waals surface area contributed by atoms with Gasteiger partial charge in [-0.3, -0.25) is 4.79 Å². The third-order valence-electron chi connectivity index (χ3n) is 3.91. The zero-order valence-corrected chi connectivity index (χ0v) is 16.9. The van der Waals surface area contributed by atoms with E-state index < -0.39 is 0 Å². The third-order valence-corrected chi connectivity index (χ3v) is 4.15. The van der Waals surface area contributed by atoms with Crippen LogP contribution in [-0.4, -0.2) is 32.8 Å². The molecule has 146 valence electrons. The van der Waals surface area contributed by atoms with Gasteiger partial charge >= 0.3 is 0 Å². The Morgan fingerprint density at radius 3 is 2.56 bits per heavy atom. The Labute approximate surface area is 165 Å². The van der Waals surface area contributed by atoms with Crippen molar-refractivity contribution in [1.82, 2.24) is 0 Å². The summed E-state index contributed by atoms with van der Waals surface area (Å²) in [4.78, 5) is 12.4. The summed E-state index contributed by atoms with van der Waals surface area (Å²) < 4.78 is 16.4. The SMILES string of the molecule is COCCOc1ccc(Cl)cc1NC(=O)COc1cc(C)ccc1C(C)C. The van der Waals surface area contributed by atoms with Gasteiger partial charge in [0, 0.05) is 12.1 Å². The van der Waals surface area contributed by atoms with Gasteiger partial charge in [0.15, 0.2) is 6.61 Å². The predicted octanol–water partition coefficient (Wildman–Crippen LogP) is 4.81. The van der Waals surface area contributed by atoms with Crippen molar-refractivity contribution in [2.45, 2.75) is 26.7 Å². The fourth-order valence-electron chi connectivity index (χ4n) is 2.53. The van der Waals surface area contributed by atoms with Gasteiger partial charge in [0.25, 0.3) is 5.91 Å². The van der Waals surface area contributed by atoms with Gasteiger partial charge < -0.3 is 19.5 Å². The highest BCUT2D eigenvalue weighted by molar-refractivity contribution is 6.31. The van der Waals surface area contributed by atoms with Crippen LogP contribution in [0.1, 0.15) is 30.9 Å². The van der Waals surface area contributed by atoms with E-state index in [4.69, 9.17) is 25.8 Å². The maximum atomic E-state index is 12.4. The lowest BCUT2D eigenvalue weighted by Gasteiger charge is -2.16. The van der Waals surface area contributed by atoms with E-state index >= 15 is 0 Å². The van der Waals surface area contributed by atoms with Crippen molar-refractivity contribution in [3.8, 4) is 11.5 Å². The molecule has 0 aliphatic carbocycles. The number of halogens is 1. The highest BCUT2D eigenvalue weighted by atomic mass is 35.5. The van der Waals surface area contributed by atoms with Gasteiger partial charge in [0.1, 0.15) is 18.1 Å². The van der Waals surface area contributed by atoms with Crippen LogP contribution in [-0.2, 0) is 9.53 Å². The maximum absolute atomic E-state index is 12.4. The third kappa shape index (κ3) is 6.45. The summed E-state index contributed by atoms with van der Waals surface area (Å²) >= 11 is 6.04. The molecule has 0 spiro atoms. The number of methoxy groups -OCH3 is 1. The number of ether oxygens (including phenoxy) is 3. The zero-order chi connectivity index (χ0) is 19.8. The van der Waals surface area contributed by atoms with Crippen molar-refractivity contribution in [2.24, 2.45) is 0 Å². The minimum absolute atomic E-state index is 0.104. The van der Waals surface area contributed by atoms with Crippen LogP contribution < -0.4 is 14.8 Å². The van der Waals surface area contributed by atoms with E-state index in [1.54, 1.807) is 25.3 Å². The summed E-state index contributed by atoms with van der Waals surface area (Å²) in [6.07, 6.45) is 0. The number of carbonyl (C=O) groups excluding carboxylic acids is 1. The summed E-state index contributed by atoms with van der Waals surface area (Å²) in [5.74, 6) is 1.27. The number of anilines is 1. The normalized spacial score (nSPS) is 10.7. The lowest BCUT2D eigenvalue weighted by molar-refractivity contribution is -0.118. The molecule has 0 atom stereocenters. The molecule has 0 aliphatic heterocycles. The van der Waals surface area contributed by atoms with Gasteiger partial charge in [-0.2, -0.15) is 0 Å². The largest absolute Gasteiger partial charge is 0.489 e. The highest BCUT2D eigenvalue weighted by Crippen LogP contribution is 2.29. The van der Waals surface area contributed by atoms with E-state index in [9.17, 15) is 4.79 Å². The Balaban J connectivity index is 2.04. The van der Waals surface area contributed by atoms with Crippen LogP contribution in [0, 0.1) is 6.92 Å². The van der Waals surface area contributed by atoms with Gasteiger partial charge in [-0.1, -0.05) is 37.6 Å². The summed E-state index contributed by atoms with van der Waals surface area (Å²) in [6.45, 7) is 6.89. The average Bonchev–Trinajstić information content (AvgIpc) is 2.61. The molecular formula is C21H26ClNO4. The quantitative estimate of drug-likeness (QED) is 0.623. The number of aryl methyl sites for hydroxylation is 1. The number of hydrogen-bond donors (Lipinski definition) is 1. The van der Waals surface area contributed by atoms with Crippen LogP contribution >= 0.6 is 11.6 Å². The number of benzene rings is 2. The van der Waals surface area contributed by atoms with Crippen LogP contribution in [0.2, 0.25) is 5.02 Å². The number of amides is 1. The van der Waals surface area contributed by atoms with Crippen molar-refractivity contribution in [2.75, 3.05) is 32.2 Å². The summed E-state index contributed by atoms with van der Waals surface area (Å²) in [5, 5.41) is 3.30. The maximum Gasteiger partial charge on any atom is 0.262 e. The minimum Gasteiger partial charge on any atom is -0.489 e.